The van der Waals surface area contributed by atoms with Crippen LogP contribution in [0.3, 0.4) is 0 Å². The number of carbonyl (C=O) groups excluding carboxylic acids is 2. The molecule has 0 saturated carbocycles. The molecule has 1 aliphatic heterocycles. The summed E-state index contributed by atoms with van der Waals surface area (Å²) in [4.78, 5) is 25.2. The first-order valence-corrected chi connectivity index (χ1v) is 4.90. The number of carbonyl (C=O) groups is 2. The van der Waals surface area contributed by atoms with Gasteiger partial charge in [0, 0.05) is 28.7 Å². The van der Waals surface area contributed by atoms with E-state index in [-0.39, 0.29) is 11.4 Å². The Morgan fingerprint density at radius 2 is 2.06 bits per heavy atom. The maximum atomic E-state index is 13.0. The molecule has 0 saturated heterocycles. The molecule has 5 heteroatoms. The molecule has 17 heavy (non-hydrogen) atoms. The second-order valence-corrected chi connectivity index (χ2v) is 3.66. The van der Waals surface area contributed by atoms with Crippen molar-refractivity contribution >= 4 is 28.4 Å². The number of ether oxygens (including phenoxy) is 1. The van der Waals surface area contributed by atoms with Gasteiger partial charge in [0.1, 0.15) is 5.82 Å². The fourth-order valence-corrected chi connectivity index (χ4v) is 1.86. The van der Waals surface area contributed by atoms with E-state index in [1.54, 1.807) is 12.3 Å². The first kappa shape index (κ1) is 9.77. The number of H-pyrrole nitrogens is 1. The lowest BCUT2D eigenvalue weighted by Gasteiger charge is -1.96. The molecular weight excluding hydrogens is 225 g/mol. The second kappa shape index (κ2) is 3.28. The zero-order chi connectivity index (χ0) is 12.0. The Kier molecular flexibility index (Phi) is 1.89. The van der Waals surface area contributed by atoms with Crippen molar-refractivity contribution in [2.75, 3.05) is 0 Å². The Morgan fingerprint density at radius 3 is 2.76 bits per heavy atom. The second-order valence-electron chi connectivity index (χ2n) is 3.66. The van der Waals surface area contributed by atoms with Crippen LogP contribution in [0.5, 0.6) is 0 Å². The summed E-state index contributed by atoms with van der Waals surface area (Å²) in [5.41, 5.74) is 1.29. The molecule has 0 fully saturated rings. The van der Waals surface area contributed by atoms with Gasteiger partial charge >= 0.3 is 11.9 Å². The van der Waals surface area contributed by atoms with Crippen molar-refractivity contribution in [3.63, 3.8) is 0 Å². The predicted octanol–water partition coefficient (Wildman–Crippen LogP) is 1.77. The van der Waals surface area contributed by atoms with Crippen molar-refractivity contribution in [3.05, 3.63) is 41.9 Å². The van der Waals surface area contributed by atoms with Crippen molar-refractivity contribution in [3.8, 4) is 0 Å². The molecule has 4 nitrogen and oxygen atoms in total. The zero-order valence-corrected chi connectivity index (χ0v) is 8.49. The number of halogens is 1. The summed E-state index contributed by atoms with van der Waals surface area (Å²) < 4.78 is 17.4. The van der Waals surface area contributed by atoms with Crippen molar-refractivity contribution in [2.45, 2.75) is 0 Å². The summed E-state index contributed by atoms with van der Waals surface area (Å²) in [7, 11) is 0. The molecule has 3 rings (SSSR count). The lowest BCUT2D eigenvalue weighted by molar-refractivity contribution is -0.149. The predicted molar refractivity (Wildman–Crippen MR) is 57.3 cm³/mol. The first-order chi connectivity index (χ1) is 8.15. The average Bonchev–Trinajstić information content (AvgIpc) is 2.81. The highest BCUT2D eigenvalue weighted by molar-refractivity contribution is 6.30. The third kappa shape index (κ3) is 1.44. The molecule has 0 atom stereocenters. The van der Waals surface area contributed by atoms with E-state index in [1.807, 2.05) is 0 Å². The summed E-state index contributed by atoms with van der Waals surface area (Å²) in [5, 5.41) is 0.671. The molecule has 2 aromatic rings. The van der Waals surface area contributed by atoms with Gasteiger partial charge in [0.05, 0.1) is 5.57 Å². The van der Waals surface area contributed by atoms with Crippen LogP contribution in [0.2, 0.25) is 0 Å². The normalized spacial score (nSPS) is 15.2. The van der Waals surface area contributed by atoms with E-state index in [9.17, 15) is 14.0 Å². The number of hydrogen-bond acceptors (Lipinski definition) is 3. The van der Waals surface area contributed by atoms with Gasteiger partial charge in [-0.25, -0.2) is 14.0 Å². The summed E-state index contributed by atoms with van der Waals surface area (Å²) in [6.45, 7) is 0. The van der Waals surface area contributed by atoms with Crippen LogP contribution < -0.4 is 0 Å². The Labute approximate surface area is 94.7 Å². The highest BCUT2D eigenvalue weighted by atomic mass is 19.1. The van der Waals surface area contributed by atoms with Gasteiger partial charge in [-0.15, -0.1) is 0 Å². The lowest BCUT2D eigenvalue weighted by Crippen LogP contribution is -2.00. The minimum absolute atomic E-state index is 0.188. The highest BCUT2D eigenvalue weighted by Crippen LogP contribution is 2.28. The van der Waals surface area contributed by atoms with Crippen molar-refractivity contribution in [1.82, 2.24) is 4.98 Å². The minimum Gasteiger partial charge on any atom is -0.386 e. The molecule has 0 bridgehead atoms. The van der Waals surface area contributed by atoms with Crippen LogP contribution >= 0.6 is 0 Å². The molecule has 0 spiro atoms. The van der Waals surface area contributed by atoms with Crippen LogP contribution in [0.1, 0.15) is 5.56 Å². The Hall–Kier alpha value is -2.43. The van der Waals surface area contributed by atoms with Crippen molar-refractivity contribution in [1.29, 1.82) is 0 Å². The Bertz CT molecular complexity index is 684. The van der Waals surface area contributed by atoms with E-state index in [0.29, 0.717) is 16.5 Å². The number of fused-ring (bicyclic) bond motifs is 1. The molecule has 0 radical (unpaired) electrons. The third-order valence-electron chi connectivity index (χ3n) is 2.61. The molecule has 0 amide bonds. The van der Waals surface area contributed by atoms with Crippen molar-refractivity contribution in [2.24, 2.45) is 0 Å². The van der Waals surface area contributed by atoms with Gasteiger partial charge in [0.25, 0.3) is 0 Å². The van der Waals surface area contributed by atoms with Crippen LogP contribution in [0.4, 0.5) is 4.39 Å². The van der Waals surface area contributed by atoms with E-state index in [0.717, 1.165) is 6.08 Å². The summed E-state index contributed by atoms with van der Waals surface area (Å²) in [6, 6.07) is 4.16. The number of benzene rings is 1. The topological polar surface area (TPSA) is 59.2 Å². The van der Waals surface area contributed by atoms with Gasteiger partial charge in [-0.2, -0.15) is 0 Å². The molecule has 0 aliphatic carbocycles. The van der Waals surface area contributed by atoms with Crippen LogP contribution in [0, 0.1) is 5.82 Å². The number of aromatic amines is 1. The third-order valence-corrected chi connectivity index (χ3v) is 2.61. The molecule has 84 valence electrons. The SMILES string of the molecule is O=C1C=C(c2c[nH]c3cc(F)ccc23)C(=O)O1. The van der Waals surface area contributed by atoms with Crippen molar-refractivity contribution < 1.29 is 18.7 Å². The molecular formula is C12H6FNO3. The molecule has 1 aliphatic rings. The minimum atomic E-state index is -0.680. The van der Waals surface area contributed by atoms with Gasteiger partial charge in [-0.3, -0.25) is 0 Å². The molecule has 1 aromatic heterocycles. The monoisotopic (exact) mass is 231 g/mol. The summed E-state index contributed by atoms with van der Waals surface area (Å²) >= 11 is 0. The summed E-state index contributed by atoms with van der Waals surface area (Å²) in [5.74, 6) is -1.73. The molecule has 1 aromatic carbocycles. The van der Waals surface area contributed by atoms with Gasteiger partial charge in [0.15, 0.2) is 0 Å². The van der Waals surface area contributed by atoms with Gasteiger partial charge < -0.3 is 9.72 Å². The maximum absolute atomic E-state index is 13.0. The number of esters is 2. The largest absolute Gasteiger partial charge is 0.386 e. The number of cyclic esters (lactones) is 2. The number of nitrogens with one attached hydrogen (secondary N) is 1. The van der Waals surface area contributed by atoms with Gasteiger partial charge in [-0.1, -0.05) is 0 Å². The van der Waals surface area contributed by atoms with E-state index in [2.05, 4.69) is 9.72 Å². The van der Waals surface area contributed by atoms with E-state index in [4.69, 9.17) is 0 Å². The molecule has 0 unspecified atom stereocenters. The first-order valence-electron chi connectivity index (χ1n) is 4.90. The average molecular weight is 231 g/mol. The fourth-order valence-electron chi connectivity index (χ4n) is 1.86. The number of hydrogen-bond donors (Lipinski definition) is 1. The molecule has 1 N–H and O–H groups in total. The maximum Gasteiger partial charge on any atom is 0.346 e. The van der Waals surface area contributed by atoms with Gasteiger partial charge in [0.2, 0.25) is 0 Å². The molecule has 2 heterocycles. The van der Waals surface area contributed by atoms with Crippen LogP contribution in [0.15, 0.2) is 30.5 Å². The van der Waals surface area contributed by atoms with E-state index in [1.165, 1.54) is 12.1 Å². The van der Waals surface area contributed by atoms with E-state index >= 15 is 0 Å². The number of rotatable bonds is 1. The summed E-state index contributed by atoms with van der Waals surface area (Å²) in [6.07, 6.45) is 2.68. The fraction of sp³-hybridized carbons (Fsp3) is 0. The zero-order valence-electron chi connectivity index (χ0n) is 8.49. The highest BCUT2D eigenvalue weighted by Gasteiger charge is 2.26. The standard InChI is InChI=1S/C12H6FNO3/c13-6-1-2-7-9(5-14-10(7)3-6)8-4-11(15)17-12(8)16/h1-5,14H. The van der Waals surface area contributed by atoms with Crippen LogP contribution in [0.25, 0.3) is 16.5 Å². The quantitative estimate of drug-likeness (QED) is 0.601. The lowest BCUT2D eigenvalue weighted by atomic mass is 10.1. The van der Waals surface area contributed by atoms with Crippen LogP contribution in [-0.4, -0.2) is 16.9 Å². The Balaban J connectivity index is 2.22. The Morgan fingerprint density at radius 1 is 1.24 bits per heavy atom. The van der Waals surface area contributed by atoms with Gasteiger partial charge in [-0.05, 0) is 18.2 Å². The van der Waals surface area contributed by atoms with Crippen LogP contribution in [-0.2, 0) is 14.3 Å². The number of aromatic nitrogens is 1. The van der Waals surface area contributed by atoms with E-state index < -0.39 is 11.9 Å². The smallest absolute Gasteiger partial charge is 0.346 e.